The number of hydrogen-bond acceptors (Lipinski definition) is 2. The Bertz CT molecular complexity index is 927. The molecule has 0 aromatic heterocycles. The molecule has 1 unspecified atom stereocenters. The number of nitrogen functional groups attached to an aromatic ring is 1. The second-order valence-electron chi connectivity index (χ2n) is 6.88. The van der Waals surface area contributed by atoms with Gasteiger partial charge in [-0.25, -0.2) is 0 Å². The molecule has 0 saturated carbocycles. The molecule has 2 N–H and O–H groups in total. The van der Waals surface area contributed by atoms with E-state index in [1.807, 2.05) is 6.07 Å². The second kappa shape index (κ2) is 5.96. The molecule has 1 aliphatic rings. The maximum atomic E-state index is 6.34. The van der Waals surface area contributed by atoms with Crippen LogP contribution >= 0.6 is 0 Å². The molecule has 4 rings (SSSR count). The lowest BCUT2D eigenvalue weighted by atomic mass is 9.86. The van der Waals surface area contributed by atoms with Crippen LogP contribution in [0.4, 0.5) is 5.69 Å². The van der Waals surface area contributed by atoms with Crippen LogP contribution in [0.1, 0.15) is 33.7 Å². The highest BCUT2D eigenvalue weighted by Gasteiger charge is 2.31. The summed E-state index contributed by atoms with van der Waals surface area (Å²) in [6.07, 6.45) is 0. The van der Waals surface area contributed by atoms with Gasteiger partial charge in [-0.05, 0) is 54.2 Å². The lowest BCUT2D eigenvalue weighted by Crippen LogP contribution is -2.05. The summed E-state index contributed by atoms with van der Waals surface area (Å²) in [4.78, 5) is 0. The summed E-state index contributed by atoms with van der Waals surface area (Å²) >= 11 is 0. The van der Waals surface area contributed by atoms with Crippen molar-refractivity contribution in [2.75, 3.05) is 12.3 Å². The van der Waals surface area contributed by atoms with Crippen LogP contribution in [0.25, 0.3) is 11.1 Å². The molecular weight excluding hydrogens is 306 g/mol. The van der Waals surface area contributed by atoms with E-state index in [2.05, 4.69) is 69.3 Å². The van der Waals surface area contributed by atoms with Crippen LogP contribution in [-0.2, 0) is 0 Å². The predicted octanol–water partition coefficient (Wildman–Crippen LogP) is 5.39. The highest BCUT2D eigenvalue weighted by Crippen LogP contribution is 2.46. The molecule has 2 heteroatoms. The number of fused-ring (bicyclic) bond motifs is 1. The Balaban J connectivity index is 1.74. The van der Waals surface area contributed by atoms with E-state index in [1.165, 1.54) is 27.8 Å². The van der Waals surface area contributed by atoms with Gasteiger partial charge in [0.25, 0.3) is 0 Å². The summed E-state index contributed by atoms with van der Waals surface area (Å²) in [6, 6.07) is 19.3. The molecule has 0 fully saturated rings. The zero-order valence-electron chi connectivity index (χ0n) is 15.0. The van der Waals surface area contributed by atoms with Crippen molar-refractivity contribution < 1.29 is 4.74 Å². The van der Waals surface area contributed by atoms with Gasteiger partial charge in [0.2, 0.25) is 0 Å². The van der Waals surface area contributed by atoms with Gasteiger partial charge >= 0.3 is 0 Å². The summed E-state index contributed by atoms with van der Waals surface area (Å²) < 4.78 is 6.07. The lowest BCUT2D eigenvalue weighted by Gasteiger charge is -2.17. The minimum Gasteiger partial charge on any atom is -0.492 e. The molecule has 2 nitrogen and oxygen atoms in total. The molecule has 0 amide bonds. The van der Waals surface area contributed by atoms with Gasteiger partial charge in [-0.1, -0.05) is 54.6 Å². The van der Waals surface area contributed by atoms with Crippen molar-refractivity contribution in [1.82, 2.24) is 0 Å². The molecule has 126 valence electrons. The first-order chi connectivity index (χ1) is 12.1. The van der Waals surface area contributed by atoms with Gasteiger partial charge in [0.15, 0.2) is 0 Å². The van der Waals surface area contributed by atoms with Crippen LogP contribution in [0.5, 0.6) is 5.75 Å². The van der Waals surface area contributed by atoms with Crippen molar-refractivity contribution in [2.45, 2.75) is 26.7 Å². The van der Waals surface area contributed by atoms with E-state index in [0.29, 0.717) is 6.61 Å². The van der Waals surface area contributed by atoms with Crippen molar-refractivity contribution in [2.24, 2.45) is 0 Å². The third-order valence-electron chi connectivity index (χ3n) is 5.52. The van der Waals surface area contributed by atoms with Crippen molar-refractivity contribution in [1.29, 1.82) is 0 Å². The quantitative estimate of drug-likeness (QED) is 0.640. The molecule has 0 bridgehead atoms. The Morgan fingerprint density at radius 3 is 2.12 bits per heavy atom. The smallest absolute Gasteiger partial charge is 0.126 e. The Kier molecular flexibility index (Phi) is 3.76. The highest BCUT2D eigenvalue weighted by molar-refractivity contribution is 5.69. The topological polar surface area (TPSA) is 35.2 Å². The van der Waals surface area contributed by atoms with Gasteiger partial charge in [-0.2, -0.15) is 0 Å². The Morgan fingerprint density at radius 2 is 1.44 bits per heavy atom. The van der Waals surface area contributed by atoms with Gasteiger partial charge in [-0.3, -0.25) is 0 Å². The first-order valence-electron chi connectivity index (χ1n) is 8.75. The molecule has 0 spiro atoms. The van der Waals surface area contributed by atoms with Crippen LogP contribution in [0.3, 0.4) is 0 Å². The summed E-state index contributed by atoms with van der Waals surface area (Å²) in [5.41, 5.74) is 15.7. The van der Waals surface area contributed by atoms with E-state index in [9.17, 15) is 0 Å². The van der Waals surface area contributed by atoms with Gasteiger partial charge < -0.3 is 10.5 Å². The normalized spacial score (nSPS) is 15.7. The number of nitrogens with two attached hydrogens (primary N) is 1. The summed E-state index contributed by atoms with van der Waals surface area (Å²) in [5.74, 6) is 1.28. The zero-order valence-corrected chi connectivity index (χ0v) is 15.0. The molecule has 1 heterocycles. The van der Waals surface area contributed by atoms with Crippen LogP contribution in [0.2, 0.25) is 0 Å². The number of ether oxygens (including phenoxy) is 1. The lowest BCUT2D eigenvalue weighted by molar-refractivity contribution is 0.341. The number of anilines is 1. The summed E-state index contributed by atoms with van der Waals surface area (Å²) in [7, 11) is 0. The van der Waals surface area contributed by atoms with E-state index >= 15 is 0 Å². The van der Waals surface area contributed by atoms with Crippen molar-refractivity contribution in [3.8, 4) is 16.9 Å². The Morgan fingerprint density at radius 1 is 0.800 bits per heavy atom. The molecule has 0 radical (unpaired) electrons. The molecule has 0 aliphatic carbocycles. The van der Waals surface area contributed by atoms with Gasteiger partial charge in [0, 0.05) is 17.2 Å². The SMILES string of the molecule is Cc1c(C)c2c(c(C)c1N)C(c1ccc(-c3ccccc3)cc1)CO2. The Hall–Kier alpha value is -2.74. The summed E-state index contributed by atoms with van der Waals surface area (Å²) in [5, 5.41) is 0. The first-order valence-corrected chi connectivity index (χ1v) is 8.75. The largest absolute Gasteiger partial charge is 0.492 e. The Labute approximate surface area is 149 Å². The minimum atomic E-state index is 0.251. The third-order valence-corrected chi connectivity index (χ3v) is 5.52. The fourth-order valence-corrected chi connectivity index (χ4v) is 3.83. The maximum Gasteiger partial charge on any atom is 0.126 e. The fourth-order valence-electron chi connectivity index (χ4n) is 3.83. The first kappa shape index (κ1) is 15.8. The number of hydrogen-bond donors (Lipinski definition) is 1. The third kappa shape index (κ3) is 2.49. The monoisotopic (exact) mass is 329 g/mol. The average Bonchev–Trinajstić information content (AvgIpc) is 3.11. The van der Waals surface area contributed by atoms with Crippen LogP contribution < -0.4 is 10.5 Å². The maximum absolute atomic E-state index is 6.34. The van der Waals surface area contributed by atoms with Crippen LogP contribution in [0.15, 0.2) is 54.6 Å². The molecule has 1 atom stereocenters. The minimum absolute atomic E-state index is 0.251. The van der Waals surface area contributed by atoms with E-state index < -0.39 is 0 Å². The predicted molar refractivity (Wildman–Crippen MR) is 104 cm³/mol. The molecule has 3 aromatic carbocycles. The molecular formula is C23H23NO. The van der Waals surface area contributed by atoms with Gasteiger partial charge in [0.1, 0.15) is 5.75 Å². The fraction of sp³-hybridized carbons (Fsp3) is 0.217. The number of rotatable bonds is 2. The second-order valence-corrected chi connectivity index (χ2v) is 6.88. The zero-order chi connectivity index (χ0) is 17.6. The van der Waals surface area contributed by atoms with Crippen LogP contribution in [-0.4, -0.2) is 6.61 Å². The van der Waals surface area contributed by atoms with E-state index in [0.717, 1.165) is 22.6 Å². The van der Waals surface area contributed by atoms with E-state index in [4.69, 9.17) is 10.5 Å². The number of benzene rings is 3. The van der Waals surface area contributed by atoms with Crippen molar-refractivity contribution in [3.05, 3.63) is 82.4 Å². The van der Waals surface area contributed by atoms with Crippen molar-refractivity contribution >= 4 is 5.69 Å². The average molecular weight is 329 g/mol. The molecule has 25 heavy (non-hydrogen) atoms. The van der Waals surface area contributed by atoms with Gasteiger partial charge in [0.05, 0.1) is 6.61 Å². The van der Waals surface area contributed by atoms with E-state index in [1.54, 1.807) is 0 Å². The molecule has 3 aromatic rings. The van der Waals surface area contributed by atoms with E-state index in [-0.39, 0.29) is 5.92 Å². The molecule has 0 saturated heterocycles. The standard InChI is InChI=1S/C23H23NO/c1-14-15(2)23-21(16(3)22(14)24)20(13-25-23)19-11-9-18(10-12-19)17-7-5-4-6-8-17/h4-12,20H,13,24H2,1-3H3. The molecule has 1 aliphatic heterocycles. The van der Waals surface area contributed by atoms with Crippen molar-refractivity contribution in [3.63, 3.8) is 0 Å². The summed E-state index contributed by atoms with van der Waals surface area (Å²) in [6.45, 7) is 6.97. The van der Waals surface area contributed by atoms with Gasteiger partial charge in [-0.15, -0.1) is 0 Å². The van der Waals surface area contributed by atoms with Crippen LogP contribution in [0, 0.1) is 20.8 Å². The highest BCUT2D eigenvalue weighted by atomic mass is 16.5.